The number of benzene rings is 3. The molecule has 3 aromatic rings. The molecule has 32 heavy (non-hydrogen) atoms. The van der Waals surface area contributed by atoms with E-state index >= 15 is 0 Å². The third-order valence-electron chi connectivity index (χ3n) is 6.35. The van der Waals surface area contributed by atoms with Crippen molar-refractivity contribution in [1.82, 2.24) is 0 Å². The lowest BCUT2D eigenvalue weighted by molar-refractivity contribution is -0.120. The highest BCUT2D eigenvalue weighted by atomic mass is 16.3. The molecule has 0 aliphatic heterocycles. The molecule has 0 aromatic heterocycles. The van der Waals surface area contributed by atoms with Crippen LogP contribution in [0.1, 0.15) is 51.7 Å². The second-order valence-electron chi connectivity index (χ2n) is 8.19. The first-order valence-electron chi connectivity index (χ1n) is 10.7. The number of rotatable bonds is 4. The molecule has 2 aliphatic carbocycles. The third-order valence-corrected chi connectivity index (χ3v) is 6.35. The molecule has 0 saturated heterocycles. The highest BCUT2D eigenvalue weighted by molar-refractivity contribution is 6.18. The fraction of sp³-hybridized carbons (Fsp3) is 0.143. The highest BCUT2D eigenvalue weighted by Crippen LogP contribution is 2.47. The molecule has 0 radical (unpaired) electrons. The van der Waals surface area contributed by atoms with Gasteiger partial charge in [0.1, 0.15) is 11.5 Å². The average Bonchev–Trinajstić information content (AvgIpc) is 2.81. The van der Waals surface area contributed by atoms with Gasteiger partial charge in [-0.2, -0.15) is 0 Å². The number of aliphatic hydroxyl groups is 1. The Labute approximate surface area is 186 Å². The standard InChI is InChI=1S/C28H22O4/c29-21-15-7-13-19-24(20-14-8-16-22(30)26(20)28(32)25(19)21)27(31)23(17-9-3-1-4-10-17)18-11-5-2-6-12-18/h1-7,9-13,15-16,23-24,29-30H,8,14H2. The van der Waals surface area contributed by atoms with Crippen LogP contribution in [0.5, 0.6) is 5.75 Å². The van der Waals surface area contributed by atoms with Crippen LogP contribution < -0.4 is 0 Å². The Balaban J connectivity index is 1.74. The van der Waals surface area contributed by atoms with E-state index in [0.717, 1.165) is 11.1 Å². The predicted octanol–water partition coefficient (Wildman–Crippen LogP) is 5.61. The number of ketones is 2. The number of phenolic OH excluding ortho intramolecular Hbond substituents is 1. The highest BCUT2D eigenvalue weighted by Gasteiger charge is 2.43. The lowest BCUT2D eigenvalue weighted by Gasteiger charge is -2.33. The van der Waals surface area contributed by atoms with E-state index in [1.165, 1.54) is 6.07 Å². The molecular formula is C28H22O4. The summed E-state index contributed by atoms with van der Waals surface area (Å²) in [7, 11) is 0. The van der Waals surface area contributed by atoms with E-state index in [-0.39, 0.29) is 28.4 Å². The maximum absolute atomic E-state index is 14.3. The van der Waals surface area contributed by atoms with Gasteiger partial charge in [-0.3, -0.25) is 9.59 Å². The van der Waals surface area contributed by atoms with Crippen LogP contribution in [0.4, 0.5) is 0 Å². The zero-order valence-corrected chi connectivity index (χ0v) is 17.4. The maximum Gasteiger partial charge on any atom is 0.200 e. The van der Waals surface area contributed by atoms with Gasteiger partial charge in [0.25, 0.3) is 0 Å². The van der Waals surface area contributed by atoms with Crippen molar-refractivity contribution in [3.8, 4) is 5.75 Å². The van der Waals surface area contributed by atoms with Crippen LogP contribution in [0.15, 0.2) is 102 Å². The normalized spacial score (nSPS) is 17.6. The Hall–Kier alpha value is -3.92. The van der Waals surface area contributed by atoms with Gasteiger partial charge in [-0.05, 0) is 47.2 Å². The number of hydrogen-bond donors (Lipinski definition) is 2. The summed E-state index contributed by atoms with van der Waals surface area (Å²) < 4.78 is 0. The maximum atomic E-state index is 14.3. The van der Waals surface area contributed by atoms with Gasteiger partial charge in [-0.1, -0.05) is 72.8 Å². The van der Waals surface area contributed by atoms with E-state index in [9.17, 15) is 19.8 Å². The summed E-state index contributed by atoms with van der Waals surface area (Å²) in [5.41, 5.74) is 3.12. The molecule has 2 aliphatic rings. The number of Topliss-reactive ketones (excluding diaryl/α,β-unsaturated/α-hetero) is 2. The number of hydrogen-bond acceptors (Lipinski definition) is 4. The Morgan fingerprint density at radius 3 is 2.09 bits per heavy atom. The Morgan fingerprint density at radius 1 is 0.844 bits per heavy atom. The SMILES string of the molecule is O=C1C2=C(CCC=C2O)C(C(=O)C(c2ccccc2)c2ccccc2)c2cccc(O)c21. The number of aliphatic hydroxyl groups excluding tert-OH is 1. The van der Waals surface area contributed by atoms with Gasteiger partial charge in [-0.15, -0.1) is 0 Å². The largest absolute Gasteiger partial charge is 0.508 e. The van der Waals surface area contributed by atoms with E-state index in [1.807, 2.05) is 60.7 Å². The summed E-state index contributed by atoms with van der Waals surface area (Å²) in [6.45, 7) is 0. The summed E-state index contributed by atoms with van der Waals surface area (Å²) in [5.74, 6) is -2.07. The number of carbonyl (C=O) groups excluding carboxylic acids is 2. The summed E-state index contributed by atoms with van der Waals surface area (Å²) in [6, 6.07) is 24.0. The second kappa shape index (κ2) is 7.97. The minimum atomic E-state index is -0.730. The molecule has 4 heteroatoms. The molecule has 0 saturated carbocycles. The predicted molar refractivity (Wildman–Crippen MR) is 122 cm³/mol. The molecule has 2 N–H and O–H groups in total. The van der Waals surface area contributed by atoms with Crippen molar-refractivity contribution in [3.05, 3.63) is 124 Å². The summed E-state index contributed by atoms with van der Waals surface area (Å²) in [6.07, 6.45) is 2.67. The van der Waals surface area contributed by atoms with Crippen molar-refractivity contribution >= 4 is 11.6 Å². The van der Waals surface area contributed by atoms with Crippen LogP contribution in [-0.4, -0.2) is 21.8 Å². The van der Waals surface area contributed by atoms with Crippen molar-refractivity contribution in [2.75, 3.05) is 0 Å². The molecule has 4 nitrogen and oxygen atoms in total. The molecule has 3 aromatic carbocycles. The molecule has 5 rings (SSSR count). The summed E-state index contributed by atoms with van der Waals surface area (Å²) in [5, 5.41) is 21.1. The number of aromatic hydroxyl groups is 1. The van der Waals surface area contributed by atoms with Gasteiger partial charge < -0.3 is 10.2 Å². The van der Waals surface area contributed by atoms with E-state index in [1.54, 1.807) is 18.2 Å². The quantitative estimate of drug-likeness (QED) is 0.573. The van der Waals surface area contributed by atoms with Gasteiger partial charge in [0, 0.05) is 0 Å². The van der Waals surface area contributed by atoms with Gasteiger partial charge in [0.15, 0.2) is 5.78 Å². The van der Waals surface area contributed by atoms with Gasteiger partial charge in [0.05, 0.1) is 23.0 Å². The number of phenols is 1. The van der Waals surface area contributed by atoms with Crippen molar-refractivity contribution < 1.29 is 19.8 Å². The van der Waals surface area contributed by atoms with E-state index in [2.05, 4.69) is 0 Å². The summed E-state index contributed by atoms with van der Waals surface area (Å²) in [4.78, 5) is 27.5. The monoisotopic (exact) mass is 422 g/mol. The molecule has 0 spiro atoms. The molecule has 0 fully saturated rings. The van der Waals surface area contributed by atoms with Crippen LogP contribution in [0, 0.1) is 0 Å². The molecule has 1 unspecified atom stereocenters. The first-order chi connectivity index (χ1) is 15.6. The minimum absolute atomic E-state index is 0.0797. The number of fused-ring (bicyclic) bond motifs is 1. The molecular weight excluding hydrogens is 400 g/mol. The van der Waals surface area contributed by atoms with Gasteiger partial charge in [0.2, 0.25) is 5.78 Å². The van der Waals surface area contributed by atoms with Gasteiger partial charge in [-0.25, -0.2) is 0 Å². The zero-order valence-electron chi connectivity index (χ0n) is 17.4. The first-order valence-corrected chi connectivity index (χ1v) is 10.7. The Kier molecular flexibility index (Phi) is 4.98. The van der Waals surface area contributed by atoms with E-state index in [4.69, 9.17) is 0 Å². The van der Waals surface area contributed by atoms with Crippen molar-refractivity contribution in [2.45, 2.75) is 24.7 Å². The van der Waals surface area contributed by atoms with E-state index < -0.39 is 17.6 Å². The van der Waals surface area contributed by atoms with Crippen molar-refractivity contribution in [3.63, 3.8) is 0 Å². The van der Waals surface area contributed by atoms with Crippen LogP contribution in [0.3, 0.4) is 0 Å². The molecule has 1 atom stereocenters. The summed E-state index contributed by atoms with van der Waals surface area (Å²) >= 11 is 0. The first kappa shape index (κ1) is 20.0. The molecule has 158 valence electrons. The fourth-order valence-corrected chi connectivity index (χ4v) is 4.97. The van der Waals surface area contributed by atoms with Crippen molar-refractivity contribution in [2.24, 2.45) is 0 Å². The lowest BCUT2D eigenvalue weighted by atomic mass is 9.68. The van der Waals surface area contributed by atoms with E-state index in [0.29, 0.717) is 24.0 Å². The second-order valence-corrected chi connectivity index (χ2v) is 8.19. The fourth-order valence-electron chi connectivity index (χ4n) is 4.97. The van der Waals surface area contributed by atoms with Crippen LogP contribution >= 0.6 is 0 Å². The molecule has 0 heterocycles. The zero-order chi connectivity index (χ0) is 22.2. The van der Waals surface area contributed by atoms with Gasteiger partial charge >= 0.3 is 0 Å². The Morgan fingerprint density at radius 2 is 1.47 bits per heavy atom. The topological polar surface area (TPSA) is 74.6 Å². The van der Waals surface area contributed by atoms with Crippen LogP contribution in [0.2, 0.25) is 0 Å². The number of allylic oxidation sites excluding steroid dienone is 3. The molecule has 0 bridgehead atoms. The smallest absolute Gasteiger partial charge is 0.200 e. The van der Waals surface area contributed by atoms with Crippen LogP contribution in [-0.2, 0) is 4.79 Å². The average molecular weight is 422 g/mol. The number of carbonyl (C=O) groups is 2. The van der Waals surface area contributed by atoms with Crippen molar-refractivity contribution in [1.29, 1.82) is 0 Å². The molecule has 0 amide bonds. The Bertz CT molecular complexity index is 1230. The minimum Gasteiger partial charge on any atom is -0.508 e. The van der Waals surface area contributed by atoms with Crippen LogP contribution in [0.25, 0.3) is 0 Å². The third kappa shape index (κ3) is 3.16. The lowest BCUT2D eigenvalue weighted by Crippen LogP contribution is -2.31.